The number of amides is 1. The molecule has 1 saturated heterocycles. The molecule has 2 unspecified atom stereocenters. The van der Waals surface area contributed by atoms with E-state index in [1.165, 1.54) is 56.5 Å². The van der Waals surface area contributed by atoms with E-state index >= 15 is 0 Å². The van der Waals surface area contributed by atoms with Crippen LogP contribution in [0, 0.1) is 0 Å². The molecular formula is C25H28F3N3O. The number of piperidine rings is 1. The predicted octanol–water partition coefficient (Wildman–Crippen LogP) is 5.03. The summed E-state index contributed by atoms with van der Waals surface area (Å²) in [6, 6.07) is 14.1. The van der Waals surface area contributed by atoms with Crippen molar-refractivity contribution in [1.29, 1.82) is 0 Å². The highest BCUT2D eigenvalue weighted by molar-refractivity contribution is 6.04. The molecule has 1 amide bonds. The molecule has 2 aromatic rings. The van der Waals surface area contributed by atoms with Crippen molar-refractivity contribution in [1.82, 2.24) is 10.2 Å². The summed E-state index contributed by atoms with van der Waals surface area (Å²) < 4.78 is 38.6. The van der Waals surface area contributed by atoms with Gasteiger partial charge in [-0.05, 0) is 81.1 Å². The lowest BCUT2D eigenvalue weighted by Gasteiger charge is -2.32. The summed E-state index contributed by atoms with van der Waals surface area (Å²) in [5, 5.41) is 6.51. The fourth-order valence-electron chi connectivity index (χ4n) is 4.77. The number of hydrogen-bond donors (Lipinski definition) is 2. The molecule has 32 heavy (non-hydrogen) atoms. The van der Waals surface area contributed by atoms with Gasteiger partial charge in [0.1, 0.15) is 0 Å². The van der Waals surface area contributed by atoms with Gasteiger partial charge in [-0.1, -0.05) is 18.2 Å². The van der Waals surface area contributed by atoms with Crippen LogP contribution in [0.1, 0.15) is 59.5 Å². The smallest absolute Gasteiger partial charge is 0.322 e. The molecule has 5 rings (SSSR count). The zero-order valence-electron chi connectivity index (χ0n) is 17.9. The van der Waals surface area contributed by atoms with Crippen LogP contribution in [-0.2, 0) is 6.18 Å². The van der Waals surface area contributed by atoms with Crippen molar-refractivity contribution in [2.75, 3.05) is 18.4 Å². The standard InChI is InChI=1S/C25H28F3N3O/c26-25(27,28)18-3-1-2-17(14-18)24(32)30-19-6-4-16(5-7-19)22-15-23(22)29-20-10-12-31(13-11-20)21-8-9-21/h1-7,14,20-23,29H,8-13,15H2,(H,30,32). The third-order valence-corrected chi connectivity index (χ3v) is 6.88. The van der Waals surface area contributed by atoms with Gasteiger partial charge in [0.05, 0.1) is 5.56 Å². The van der Waals surface area contributed by atoms with E-state index in [1.807, 2.05) is 24.3 Å². The number of hydrogen-bond acceptors (Lipinski definition) is 3. The van der Waals surface area contributed by atoms with Crippen LogP contribution in [0.25, 0.3) is 0 Å². The summed E-state index contributed by atoms with van der Waals surface area (Å²) in [5.41, 5.74) is 0.970. The number of nitrogens with one attached hydrogen (secondary N) is 2. The van der Waals surface area contributed by atoms with Crippen molar-refractivity contribution in [2.45, 2.75) is 62.3 Å². The Morgan fingerprint density at radius 1 is 0.969 bits per heavy atom. The fourth-order valence-corrected chi connectivity index (χ4v) is 4.77. The zero-order chi connectivity index (χ0) is 22.3. The van der Waals surface area contributed by atoms with E-state index in [-0.39, 0.29) is 5.56 Å². The zero-order valence-corrected chi connectivity index (χ0v) is 17.9. The third kappa shape index (κ3) is 4.99. The number of carbonyl (C=O) groups excluding carboxylic acids is 1. The van der Waals surface area contributed by atoms with Crippen molar-refractivity contribution in [3.63, 3.8) is 0 Å². The Kier molecular flexibility index (Phi) is 5.72. The van der Waals surface area contributed by atoms with E-state index in [1.54, 1.807) is 0 Å². The number of nitrogens with zero attached hydrogens (tertiary/aromatic N) is 1. The van der Waals surface area contributed by atoms with Gasteiger partial charge in [0.25, 0.3) is 5.91 Å². The molecule has 7 heteroatoms. The van der Waals surface area contributed by atoms with Crippen LogP contribution in [0.5, 0.6) is 0 Å². The van der Waals surface area contributed by atoms with Gasteiger partial charge in [-0.15, -0.1) is 0 Å². The number of rotatable bonds is 6. The Balaban J connectivity index is 1.12. The van der Waals surface area contributed by atoms with Gasteiger partial charge in [-0.25, -0.2) is 0 Å². The molecule has 0 spiro atoms. The highest BCUT2D eigenvalue weighted by Crippen LogP contribution is 2.42. The number of likely N-dealkylation sites (tertiary alicyclic amines) is 1. The maximum atomic E-state index is 12.9. The van der Waals surface area contributed by atoms with E-state index in [0.717, 1.165) is 24.6 Å². The summed E-state index contributed by atoms with van der Waals surface area (Å²) in [5.74, 6) is -0.0583. The highest BCUT2D eigenvalue weighted by atomic mass is 19.4. The second kappa shape index (κ2) is 8.52. The lowest BCUT2D eigenvalue weighted by atomic mass is 10.0. The monoisotopic (exact) mass is 443 g/mol. The molecule has 0 radical (unpaired) electrons. The van der Waals surface area contributed by atoms with Crippen molar-refractivity contribution < 1.29 is 18.0 Å². The van der Waals surface area contributed by atoms with Gasteiger partial charge in [0.2, 0.25) is 0 Å². The maximum absolute atomic E-state index is 12.9. The Hall–Kier alpha value is -2.38. The Morgan fingerprint density at radius 2 is 1.69 bits per heavy atom. The van der Waals surface area contributed by atoms with Gasteiger partial charge in [0, 0.05) is 35.3 Å². The minimum absolute atomic E-state index is 0.0110. The summed E-state index contributed by atoms with van der Waals surface area (Å²) >= 11 is 0. The Labute approximate surface area is 186 Å². The van der Waals surface area contributed by atoms with E-state index in [2.05, 4.69) is 15.5 Å². The molecule has 4 nitrogen and oxygen atoms in total. The number of alkyl halides is 3. The lowest BCUT2D eigenvalue weighted by Crippen LogP contribution is -2.44. The summed E-state index contributed by atoms with van der Waals surface area (Å²) in [4.78, 5) is 15.0. The van der Waals surface area contributed by atoms with Crippen LogP contribution in [-0.4, -0.2) is 42.0 Å². The number of anilines is 1. The molecular weight excluding hydrogens is 415 g/mol. The first-order chi connectivity index (χ1) is 15.4. The number of carbonyl (C=O) groups is 1. The molecule has 2 saturated carbocycles. The summed E-state index contributed by atoms with van der Waals surface area (Å²) in [6.45, 7) is 2.42. The van der Waals surface area contributed by atoms with Crippen LogP contribution in [0.15, 0.2) is 48.5 Å². The van der Waals surface area contributed by atoms with Crippen molar-refractivity contribution >= 4 is 11.6 Å². The number of halogens is 3. The molecule has 0 aromatic heterocycles. The van der Waals surface area contributed by atoms with Crippen LogP contribution in [0.4, 0.5) is 18.9 Å². The van der Waals surface area contributed by atoms with Gasteiger partial charge in [-0.2, -0.15) is 13.2 Å². The van der Waals surface area contributed by atoms with Gasteiger partial charge in [0.15, 0.2) is 0 Å². The molecule has 2 N–H and O–H groups in total. The molecule has 2 atom stereocenters. The molecule has 3 fully saturated rings. The fraction of sp³-hybridized carbons (Fsp3) is 0.480. The van der Waals surface area contributed by atoms with Crippen LogP contribution in [0.3, 0.4) is 0 Å². The quantitative estimate of drug-likeness (QED) is 0.658. The molecule has 3 aliphatic rings. The van der Waals surface area contributed by atoms with Crippen molar-refractivity contribution in [3.8, 4) is 0 Å². The van der Waals surface area contributed by atoms with Crippen molar-refractivity contribution in [2.24, 2.45) is 0 Å². The molecule has 0 bridgehead atoms. The average molecular weight is 444 g/mol. The average Bonchev–Trinajstić information content (AvgIpc) is 3.70. The maximum Gasteiger partial charge on any atom is 0.416 e. The van der Waals surface area contributed by atoms with E-state index in [9.17, 15) is 18.0 Å². The van der Waals surface area contributed by atoms with Gasteiger partial charge < -0.3 is 15.5 Å². The third-order valence-electron chi connectivity index (χ3n) is 6.88. The Bertz CT molecular complexity index is 963. The van der Waals surface area contributed by atoms with Gasteiger partial charge >= 0.3 is 6.18 Å². The van der Waals surface area contributed by atoms with E-state index < -0.39 is 17.6 Å². The van der Waals surface area contributed by atoms with Crippen LogP contribution >= 0.6 is 0 Å². The summed E-state index contributed by atoms with van der Waals surface area (Å²) in [6.07, 6.45) is 1.85. The first kappa shape index (κ1) is 21.5. The second-order valence-corrected chi connectivity index (χ2v) is 9.31. The molecule has 170 valence electrons. The van der Waals surface area contributed by atoms with E-state index in [0.29, 0.717) is 23.7 Å². The highest BCUT2D eigenvalue weighted by Gasteiger charge is 2.40. The topological polar surface area (TPSA) is 44.4 Å². The predicted molar refractivity (Wildman–Crippen MR) is 118 cm³/mol. The minimum Gasteiger partial charge on any atom is -0.322 e. The molecule has 1 aliphatic heterocycles. The summed E-state index contributed by atoms with van der Waals surface area (Å²) in [7, 11) is 0. The van der Waals surface area contributed by atoms with Crippen molar-refractivity contribution in [3.05, 3.63) is 65.2 Å². The molecule has 2 aromatic carbocycles. The van der Waals surface area contributed by atoms with Gasteiger partial charge in [-0.3, -0.25) is 4.79 Å². The largest absolute Gasteiger partial charge is 0.416 e. The van der Waals surface area contributed by atoms with E-state index in [4.69, 9.17) is 0 Å². The second-order valence-electron chi connectivity index (χ2n) is 9.31. The molecule has 2 aliphatic carbocycles. The lowest BCUT2D eigenvalue weighted by molar-refractivity contribution is -0.137. The first-order valence-corrected chi connectivity index (χ1v) is 11.5. The Morgan fingerprint density at radius 3 is 2.34 bits per heavy atom. The number of benzene rings is 2. The SMILES string of the molecule is O=C(Nc1ccc(C2CC2NC2CCN(C3CC3)CC2)cc1)c1cccc(C(F)(F)F)c1. The normalized spacial score (nSPS) is 24.3. The van der Waals surface area contributed by atoms with Crippen LogP contribution in [0.2, 0.25) is 0 Å². The molecule has 1 heterocycles. The minimum atomic E-state index is -4.47. The first-order valence-electron chi connectivity index (χ1n) is 11.5. The van der Waals surface area contributed by atoms with Crippen LogP contribution < -0.4 is 10.6 Å².